The van der Waals surface area contributed by atoms with Crippen molar-refractivity contribution in [3.05, 3.63) is 35.4 Å². The third kappa shape index (κ3) is 4.23. The maximum Gasteiger partial charge on any atom is 0.416 e. The van der Waals surface area contributed by atoms with Crippen molar-refractivity contribution >= 4 is 17.8 Å². The van der Waals surface area contributed by atoms with Gasteiger partial charge in [-0.3, -0.25) is 14.5 Å². The first kappa shape index (κ1) is 21.1. The zero-order valence-electron chi connectivity index (χ0n) is 16.5. The molecule has 29 heavy (non-hydrogen) atoms. The molecule has 2 aliphatic rings. The van der Waals surface area contributed by atoms with Gasteiger partial charge in [0.2, 0.25) is 5.91 Å². The number of nitrogens with one attached hydrogen (secondary N) is 2. The molecule has 1 saturated carbocycles. The van der Waals surface area contributed by atoms with Gasteiger partial charge in [0.25, 0.3) is 5.91 Å². The molecule has 0 radical (unpaired) electrons. The van der Waals surface area contributed by atoms with Crippen molar-refractivity contribution in [1.82, 2.24) is 15.5 Å². The molecule has 0 bridgehead atoms. The smallest absolute Gasteiger partial charge is 0.354 e. The van der Waals surface area contributed by atoms with E-state index in [2.05, 4.69) is 10.6 Å². The van der Waals surface area contributed by atoms with Gasteiger partial charge in [0.05, 0.1) is 5.56 Å². The molecule has 1 aromatic rings. The van der Waals surface area contributed by atoms with Crippen LogP contribution < -0.4 is 10.6 Å². The molecular weight excluding hydrogens is 387 g/mol. The highest BCUT2D eigenvalue weighted by molar-refractivity contribution is 6.09. The van der Waals surface area contributed by atoms with E-state index in [1.165, 1.54) is 6.07 Å². The number of benzene rings is 1. The zero-order valence-corrected chi connectivity index (χ0v) is 16.5. The summed E-state index contributed by atoms with van der Waals surface area (Å²) in [6.45, 7) is 4.71. The lowest BCUT2D eigenvalue weighted by Gasteiger charge is -2.27. The molecule has 0 aromatic heterocycles. The minimum Gasteiger partial charge on any atom is -0.354 e. The SMILES string of the molecule is CC(C)(CNC(=O)CN1C(=O)NC(C)(C2CC2)C1=O)c1cccc(C(F)(F)F)c1. The van der Waals surface area contributed by atoms with Crippen LogP contribution in [0.3, 0.4) is 0 Å². The van der Waals surface area contributed by atoms with E-state index in [4.69, 9.17) is 0 Å². The molecule has 1 saturated heterocycles. The molecule has 4 amide bonds. The standard InChI is InChI=1S/C20H24F3N3O3/c1-18(2,13-5-4-6-14(9-13)20(21,22)23)11-24-15(27)10-26-16(28)19(3,12-7-8-12)25-17(26)29/h4-6,9,12H,7-8,10-11H2,1-3H3,(H,24,27)(H,25,29). The second kappa shape index (κ2) is 7.03. The molecule has 1 heterocycles. The third-order valence-electron chi connectivity index (χ3n) is 5.70. The van der Waals surface area contributed by atoms with Crippen LogP contribution in [0.4, 0.5) is 18.0 Å². The summed E-state index contributed by atoms with van der Waals surface area (Å²) < 4.78 is 38.8. The predicted octanol–water partition coefficient (Wildman–Crippen LogP) is 2.82. The number of rotatable bonds is 6. The minimum atomic E-state index is -4.45. The quantitative estimate of drug-likeness (QED) is 0.707. The summed E-state index contributed by atoms with van der Waals surface area (Å²) in [5.74, 6) is -0.877. The molecule has 0 spiro atoms. The summed E-state index contributed by atoms with van der Waals surface area (Å²) in [5, 5.41) is 5.29. The third-order valence-corrected chi connectivity index (χ3v) is 5.70. The van der Waals surface area contributed by atoms with Crippen LogP contribution in [-0.4, -0.2) is 41.4 Å². The maximum atomic E-state index is 12.9. The van der Waals surface area contributed by atoms with Gasteiger partial charge in [-0.05, 0) is 37.3 Å². The van der Waals surface area contributed by atoms with E-state index in [1.807, 2.05) is 0 Å². The number of imide groups is 1. The first-order chi connectivity index (χ1) is 13.3. The lowest BCUT2D eigenvalue weighted by atomic mass is 9.83. The monoisotopic (exact) mass is 411 g/mol. The maximum absolute atomic E-state index is 12.9. The fraction of sp³-hybridized carbons (Fsp3) is 0.550. The highest BCUT2D eigenvalue weighted by Crippen LogP contribution is 2.42. The summed E-state index contributed by atoms with van der Waals surface area (Å²) in [6.07, 6.45) is -2.74. The Labute approximate surface area is 166 Å². The predicted molar refractivity (Wildman–Crippen MR) is 98.9 cm³/mol. The number of hydrogen-bond donors (Lipinski definition) is 2. The van der Waals surface area contributed by atoms with Crippen LogP contribution >= 0.6 is 0 Å². The molecule has 3 rings (SSSR count). The van der Waals surface area contributed by atoms with Gasteiger partial charge in [0.1, 0.15) is 12.1 Å². The minimum absolute atomic E-state index is 0.0523. The summed E-state index contributed by atoms with van der Waals surface area (Å²) >= 11 is 0. The van der Waals surface area contributed by atoms with Gasteiger partial charge >= 0.3 is 12.2 Å². The van der Waals surface area contributed by atoms with Crippen LogP contribution in [0, 0.1) is 5.92 Å². The van der Waals surface area contributed by atoms with Gasteiger partial charge in [-0.2, -0.15) is 13.2 Å². The Morgan fingerprint density at radius 2 is 1.86 bits per heavy atom. The van der Waals surface area contributed by atoms with E-state index in [9.17, 15) is 27.6 Å². The number of hydrogen-bond acceptors (Lipinski definition) is 3. The van der Waals surface area contributed by atoms with Gasteiger partial charge in [-0.25, -0.2) is 4.79 Å². The van der Waals surface area contributed by atoms with Crippen LogP contribution in [0.15, 0.2) is 24.3 Å². The molecule has 2 fully saturated rings. The number of carbonyl (C=O) groups excluding carboxylic acids is 3. The Morgan fingerprint density at radius 3 is 2.45 bits per heavy atom. The van der Waals surface area contributed by atoms with Crippen molar-refractivity contribution < 1.29 is 27.6 Å². The van der Waals surface area contributed by atoms with Crippen molar-refractivity contribution in [2.24, 2.45) is 5.92 Å². The Balaban J connectivity index is 1.62. The van der Waals surface area contributed by atoms with Crippen molar-refractivity contribution in [2.75, 3.05) is 13.1 Å². The number of halogens is 3. The molecule has 158 valence electrons. The van der Waals surface area contributed by atoms with Crippen LogP contribution in [-0.2, 0) is 21.2 Å². The second-order valence-electron chi connectivity index (χ2n) is 8.54. The normalized spacial score (nSPS) is 22.6. The summed E-state index contributed by atoms with van der Waals surface area (Å²) in [7, 11) is 0. The highest BCUT2D eigenvalue weighted by atomic mass is 19.4. The molecule has 2 N–H and O–H groups in total. The van der Waals surface area contributed by atoms with Gasteiger partial charge < -0.3 is 10.6 Å². The molecule has 1 unspecified atom stereocenters. The summed E-state index contributed by atoms with van der Waals surface area (Å²) in [6, 6.07) is 4.35. The van der Waals surface area contributed by atoms with Crippen LogP contribution in [0.1, 0.15) is 44.7 Å². The Hall–Kier alpha value is -2.58. The summed E-state index contributed by atoms with van der Waals surface area (Å²) in [5.41, 5.74) is -2.08. The lowest BCUT2D eigenvalue weighted by molar-refractivity contribution is -0.137. The molecule has 1 aliphatic carbocycles. The van der Waals surface area contributed by atoms with E-state index < -0.39 is 47.1 Å². The van der Waals surface area contributed by atoms with E-state index in [1.54, 1.807) is 26.8 Å². The Kier molecular flexibility index (Phi) is 5.13. The van der Waals surface area contributed by atoms with Crippen molar-refractivity contribution in [2.45, 2.75) is 50.7 Å². The molecule has 9 heteroatoms. The van der Waals surface area contributed by atoms with E-state index in [0.29, 0.717) is 5.56 Å². The molecular formula is C20H24F3N3O3. The Bertz CT molecular complexity index is 849. The number of alkyl halides is 3. The number of amides is 4. The van der Waals surface area contributed by atoms with Gasteiger partial charge in [0.15, 0.2) is 0 Å². The molecule has 1 aliphatic heterocycles. The fourth-order valence-corrected chi connectivity index (χ4v) is 3.53. The van der Waals surface area contributed by atoms with Gasteiger partial charge in [-0.1, -0.05) is 32.0 Å². The first-order valence-electron chi connectivity index (χ1n) is 9.43. The number of nitrogens with zero attached hydrogens (tertiary/aromatic N) is 1. The molecule has 1 atom stereocenters. The van der Waals surface area contributed by atoms with Crippen LogP contribution in [0.25, 0.3) is 0 Å². The van der Waals surface area contributed by atoms with E-state index in [-0.39, 0.29) is 12.5 Å². The van der Waals surface area contributed by atoms with Crippen molar-refractivity contribution in [3.8, 4) is 0 Å². The van der Waals surface area contributed by atoms with Crippen molar-refractivity contribution in [3.63, 3.8) is 0 Å². The Morgan fingerprint density at radius 1 is 1.24 bits per heavy atom. The fourth-order valence-electron chi connectivity index (χ4n) is 3.53. The second-order valence-corrected chi connectivity index (χ2v) is 8.54. The highest BCUT2D eigenvalue weighted by Gasteiger charge is 2.56. The van der Waals surface area contributed by atoms with Crippen LogP contribution in [0.2, 0.25) is 0 Å². The average Bonchev–Trinajstić information content (AvgIpc) is 3.46. The average molecular weight is 411 g/mol. The topological polar surface area (TPSA) is 78.5 Å². The van der Waals surface area contributed by atoms with Crippen molar-refractivity contribution in [1.29, 1.82) is 0 Å². The van der Waals surface area contributed by atoms with E-state index >= 15 is 0 Å². The first-order valence-corrected chi connectivity index (χ1v) is 9.43. The van der Waals surface area contributed by atoms with Gasteiger partial charge in [-0.15, -0.1) is 0 Å². The van der Waals surface area contributed by atoms with Gasteiger partial charge in [0, 0.05) is 12.0 Å². The lowest BCUT2D eigenvalue weighted by Crippen LogP contribution is -2.47. The largest absolute Gasteiger partial charge is 0.416 e. The summed E-state index contributed by atoms with van der Waals surface area (Å²) in [4.78, 5) is 37.9. The van der Waals surface area contributed by atoms with Crippen LogP contribution in [0.5, 0.6) is 0 Å². The molecule has 1 aromatic carbocycles. The number of urea groups is 1. The zero-order chi connectivity index (χ0) is 21.6. The molecule has 6 nitrogen and oxygen atoms in total. The number of carbonyl (C=O) groups is 3. The van der Waals surface area contributed by atoms with E-state index in [0.717, 1.165) is 29.9 Å².